The van der Waals surface area contributed by atoms with E-state index in [1.165, 1.54) is 0 Å². The summed E-state index contributed by atoms with van der Waals surface area (Å²) in [5, 5.41) is 17.1. The lowest BCUT2D eigenvalue weighted by molar-refractivity contribution is -0.122. The molecule has 28 heavy (non-hydrogen) atoms. The summed E-state index contributed by atoms with van der Waals surface area (Å²) in [6.45, 7) is -0.111. The first-order chi connectivity index (χ1) is 13.6. The van der Waals surface area contributed by atoms with E-state index in [4.69, 9.17) is 16.9 Å². The molecule has 7 heteroatoms. The van der Waals surface area contributed by atoms with Gasteiger partial charge in [0.1, 0.15) is 12.6 Å². The maximum absolute atomic E-state index is 12.6. The Morgan fingerprint density at radius 1 is 1.14 bits per heavy atom. The van der Waals surface area contributed by atoms with Gasteiger partial charge in [0, 0.05) is 22.6 Å². The predicted octanol–water partition coefficient (Wildman–Crippen LogP) is 3.62. The molecule has 0 aliphatic carbocycles. The third-order valence-electron chi connectivity index (χ3n) is 4.32. The maximum atomic E-state index is 12.6. The second-order valence-electron chi connectivity index (χ2n) is 6.19. The van der Waals surface area contributed by atoms with Crippen molar-refractivity contribution in [1.82, 2.24) is 10.6 Å². The highest BCUT2D eigenvalue weighted by molar-refractivity contribution is 7.17. The maximum Gasteiger partial charge on any atom is 0.251 e. The van der Waals surface area contributed by atoms with Gasteiger partial charge in [0.05, 0.1) is 6.07 Å². The molecule has 2 aromatic carbocycles. The average molecular weight is 412 g/mol. The fraction of sp³-hybridized carbons (Fsp3) is 0.190. The predicted molar refractivity (Wildman–Crippen MR) is 111 cm³/mol. The van der Waals surface area contributed by atoms with E-state index in [9.17, 15) is 9.59 Å². The number of nitriles is 1. The summed E-state index contributed by atoms with van der Waals surface area (Å²) in [6, 6.07) is 15.9. The van der Waals surface area contributed by atoms with Crippen LogP contribution in [0.2, 0.25) is 0 Å². The van der Waals surface area contributed by atoms with Crippen LogP contribution in [0.1, 0.15) is 21.5 Å². The van der Waals surface area contributed by atoms with E-state index in [0.717, 1.165) is 21.2 Å². The third kappa shape index (κ3) is 4.69. The number of amides is 2. The summed E-state index contributed by atoms with van der Waals surface area (Å²) in [5.41, 5.74) is 2.34. The van der Waals surface area contributed by atoms with Crippen molar-refractivity contribution in [2.24, 2.45) is 0 Å². The minimum absolute atomic E-state index is 0.111. The second-order valence-corrected chi connectivity index (χ2v) is 7.37. The van der Waals surface area contributed by atoms with Crippen LogP contribution in [0, 0.1) is 11.3 Å². The molecular formula is C21H18ClN3O2S. The highest BCUT2D eigenvalue weighted by Crippen LogP contribution is 2.26. The highest BCUT2D eigenvalue weighted by atomic mass is 35.5. The Bertz CT molecular complexity index is 1020. The van der Waals surface area contributed by atoms with Gasteiger partial charge in [-0.1, -0.05) is 30.3 Å². The number of fused-ring (bicyclic) bond motifs is 1. The Morgan fingerprint density at radius 3 is 2.61 bits per heavy atom. The molecule has 0 aliphatic heterocycles. The fourth-order valence-corrected chi connectivity index (χ4v) is 4.01. The van der Waals surface area contributed by atoms with Crippen molar-refractivity contribution < 1.29 is 9.59 Å². The van der Waals surface area contributed by atoms with E-state index in [-0.39, 0.29) is 18.4 Å². The molecule has 142 valence electrons. The van der Waals surface area contributed by atoms with E-state index in [1.54, 1.807) is 35.6 Å². The molecule has 3 rings (SSSR count). The number of halogens is 1. The van der Waals surface area contributed by atoms with E-state index in [2.05, 4.69) is 10.6 Å². The third-order valence-corrected chi connectivity index (χ3v) is 5.64. The number of hydrogen-bond acceptors (Lipinski definition) is 4. The molecule has 2 amide bonds. The number of carbonyl (C=O) groups is 2. The molecule has 2 N–H and O–H groups in total. The van der Waals surface area contributed by atoms with Crippen LogP contribution < -0.4 is 10.6 Å². The van der Waals surface area contributed by atoms with Crippen LogP contribution >= 0.6 is 22.9 Å². The topological polar surface area (TPSA) is 82.0 Å². The Labute approximate surface area is 171 Å². The van der Waals surface area contributed by atoms with Crippen molar-refractivity contribution in [3.8, 4) is 6.07 Å². The van der Waals surface area contributed by atoms with Gasteiger partial charge in [0.25, 0.3) is 5.91 Å². The van der Waals surface area contributed by atoms with Gasteiger partial charge in [0.2, 0.25) is 5.91 Å². The summed E-state index contributed by atoms with van der Waals surface area (Å²) < 4.78 is 1.12. The van der Waals surface area contributed by atoms with Crippen LogP contribution in [-0.2, 0) is 17.1 Å². The molecule has 0 radical (unpaired) electrons. The molecular weight excluding hydrogens is 394 g/mol. The lowest BCUT2D eigenvalue weighted by Crippen LogP contribution is -2.48. The molecule has 1 heterocycles. The smallest absolute Gasteiger partial charge is 0.251 e. The van der Waals surface area contributed by atoms with Gasteiger partial charge in [-0.2, -0.15) is 5.26 Å². The van der Waals surface area contributed by atoms with Crippen molar-refractivity contribution in [3.05, 3.63) is 70.6 Å². The van der Waals surface area contributed by atoms with Crippen LogP contribution in [0.25, 0.3) is 10.1 Å². The number of hydrogen-bond donors (Lipinski definition) is 2. The summed E-state index contributed by atoms with van der Waals surface area (Å²) in [5.74, 6) is -0.368. The number of carbonyl (C=O) groups excluding carboxylic acids is 2. The van der Waals surface area contributed by atoms with Crippen molar-refractivity contribution >= 4 is 44.8 Å². The minimum atomic E-state index is -0.786. The number of rotatable bonds is 7. The van der Waals surface area contributed by atoms with Gasteiger partial charge in [-0.05, 0) is 40.1 Å². The van der Waals surface area contributed by atoms with E-state index >= 15 is 0 Å². The van der Waals surface area contributed by atoms with Crippen LogP contribution in [0.3, 0.4) is 0 Å². The number of benzene rings is 2. The Kier molecular flexibility index (Phi) is 6.64. The molecule has 0 spiro atoms. The van der Waals surface area contributed by atoms with Crippen molar-refractivity contribution in [2.75, 3.05) is 6.54 Å². The zero-order valence-electron chi connectivity index (χ0n) is 14.9. The Hall–Kier alpha value is -2.88. The van der Waals surface area contributed by atoms with Gasteiger partial charge in [0.15, 0.2) is 0 Å². The monoisotopic (exact) mass is 411 g/mol. The number of nitrogens with zero attached hydrogens (tertiary/aromatic N) is 1. The molecule has 0 aliphatic rings. The molecule has 1 unspecified atom stereocenters. The first-order valence-electron chi connectivity index (χ1n) is 8.68. The summed E-state index contributed by atoms with van der Waals surface area (Å²) in [7, 11) is 0. The van der Waals surface area contributed by atoms with E-state index in [1.807, 2.05) is 35.7 Å². The fourth-order valence-electron chi connectivity index (χ4n) is 2.86. The second kappa shape index (κ2) is 9.36. The summed E-state index contributed by atoms with van der Waals surface area (Å²) in [4.78, 5) is 25.2. The van der Waals surface area contributed by atoms with Gasteiger partial charge in [-0.3, -0.25) is 9.59 Å². The molecule has 0 fully saturated rings. The normalized spacial score (nSPS) is 11.6. The minimum Gasteiger partial charge on any atom is -0.341 e. The largest absolute Gasteiger partial charge is 0.341 e. The average Bonchev–Trinajstić information content (AvgIpc) is 3.14. The molecule has 1 atom stereocenters. The number of nitrogens with one attached hydrogen (secondary N) is 2. The van der Waals surface area contributed by atoms with Crippen molar-refractivity contribution in [2.45, 2.75) is 18.3 Å². The number of thiophene rings is 1. The van der Waals surface area contributed by atoms with Gasteiger partial charge >= 0.3 is 0 Å². The van der Waals surface area contributed by atoms with Gasteiger partial charge in [-0.25, -0.2) is 0 Å². The van der Waals surface area contributed by atoms with Crippen LogP contribution in [-0.4, -0.2) is 24.4 Å². The molecule has 3 aromatic rings. The lowest BCUT2D eigenvalue weighted by atomic mass is 10.0. The van der Waals surface area contributed by atoms with Crippen LogP contribution in [0.15, 0.2) is 53.9 Å². The number of alkyl halides is 1. The zero-order chi connectivity index (χ0) is 19.9. The summed E-state index contributed by atoms with van der Waals surface area (Å²) in [6.07, 6.45) is 0.340. The van der Waals surface area contributed by atoms with E-state index in [0.29, 0.717) is 17.9 Å². The van der Waals surface area contributed by atoms with Crippen LogP contribution in [0.5, 0.6) is 0 Å². The first-order valence-corrected chi connectivity index (χ1v) is 10.1. The summed E-state index contributed by atoms with van der Waals surface area (Å²) >= 11 is 7.38. The van der Waals surface area contributed by atoms with Gasteiger partial charge < -0.3 is 10.6 Å². The zero-order valence-corrected chi connectivity index (χ0v) is 16.5. The highest BCUT2D eigenvalue weighted by Gasteiger charge is 2.23. The molecule has 0 bridgehead atoms. The van der Waals surface area contributed by atoms with Crippen molar-refractivity contribution in [3.63, 3.8) is 0 Å². The molecule has 1 aromatic heterocycles. The lowest BCUT2D eigenvalue weighted by Gasteiger charge is -2.18. The quantitative estimate of drug-likeness (QED) is 0.460. The standard InChI is InChI=1S/C21H18ClN3O2S/c22-12-14-5-7-15(8-6-14)20(26)25-18(21(27)24-10-9-23)11-16-13-28-19-4-2-1-3-17(16)19/h1-8,13,18H,10-12H2,(H,24,27)(H,25,26). The molecule has 0 saturated carbocycles. The van der Waals surface area contributed by atoms with Gasteiger partial charge in [-0.15, -0.1) is 22.9 Å². The molecule has 5 nitrogen and oxygen atoms in total. The first kappa shape index (κ1) is 19.9. The molecule has 0 saturated heterocycles. The van der Waals surface area contributed by atoms with E-state index < -0.39 is 6.04 Å². The Balaban J connectivity index is 1.81. The van der Waals surface area contributed by atoms with Crippen LogP contribution in [0.4, 0.5) is 0 Å². The van der Waals surface area contributed by atoms with Crippen molar-refractivity contribution in [1.29, 1.82) is 5.26 Å². The SMILES string of the molecule is N#CCNC(=O)C(Cc1csc2ccccc12)NC(=O)c1ccc(CCl)cc1. The Morgan fingerprint density at radius 2 is 1.89 bits per heavy atom.